The Labute approximate surface area is 404 Å². The molecule has 26 heteroatoms. The maximum absolute atomic E-state index is 12.2. The molecule has 5 aromatic carbocycles. The molecule has 344 valence electrons. The van der Waals surface area contributed by atoms with E-state index >= 15 is 0 Å². The molecule has 69 heavy (non-hydrogen) atoms. The molecular formula is C43H27Cl2N13O8S3. The third kappa shape index (κ3) is 10.5. The number of pyridine rings is 1. The van der Waals surface area contributed by atoms with Gasteiger partial charge in [0.25, 0.3) is 20.2 Å². The second-order valence-electron chi connectivity index (χ2n) is 14.2. The van der Waals surface area contributed by atoms with Crippen molar-refractivity contribution >= 4 is 122 Å². The van der Waals surface area contributed by atoms with Crippen molar-refractivity contribution in [1.82, 2.24) is 19.9 Å². The largest absolute Gasteiger partial charge is 0.479 e. The van der Waals surface area contributed by atoms with Crippen LogP contribution in [0.4, 0.5) is 56.0 Å². The highest BCUT2D eigenvalue weighted by Crippen LogP contribution is 2.49. The number of anilines is 6. The molecule has 3 aromatic heterocycles. The average molecular weight is 1020 g/mol. The van der Waals surface area contributed by atoms with E-state index in [1.165, 1.54) is 30.3 Å². The van der Waals surface area contributed by atoms with Crippen LogP contribution in [0, 0.1) is 29.6 Å². The highest BCUT2D eigenvalue weighted by Gasteiger charge is 2.24. The third-order valence-electron chi connectivity index (χ3n) is 9.73. The van der Waals surface area contributed by atoms with Crippen molar-refractivity contribution in [3.05, 3.63) is 130 Å². The average Bonchev–Trinajstić information content (AvgIpc) is 3.65. The minimum Gasteiger partial charge on any atom is -0.479 e. The van der Waals surface area contributed by atoms with Crippen LogP contribution in [0.25, 0.3) is 21.9 Å². The SMILES string of the molecule is Cc1c(C#N)c(Nc2ccc(Cl)c(S(=O)(=O)O)c2)nc(Nc2ccc(Cl)cc2)c1N=Nc1sc(N=Nc2ccc3cccc(S(=O)(=O)O)c3c2)c(-c2ccc(Nc3nc(O)nc(O)n3)cc2)c1C#N. The first-order valence-corrected chi connectivity index (χ1v) is 23.8. The molecular weight excluding hydrogens is 994 g/mol. The Kier molecular flexibility index (Phi) is 13.2. The monoisotopic (exact) mass is 1020 g/mol. The lowest BCUT2D eigenvalue weighted by molar-refractivity contribution is 0.384. The van der Waals surface area contributed by atoms with Gasteiger partial charge in [0.15, 0.2) is 16.6 Å². The van der Waals surface area contributed by atoms with Crippen LogP contribution in [0.5, 0.6) is 12.0 Å². The molecule has 0 aliphatic heterocycles. The fourth-order valence-electron chi connectivity index (χ4n) is 6.61. The van der Waals surface area contributed by atoms with Gasteiger partial charge < -0.3 is 26.2 Å². The Morgan fingerprint density at radius 1 is 0.638 bits per heavy atom. The molecule has 0 fully saturated rings. The van der Waals surface area contributed by atoms with E-state index in [1.54, 1.807) is 73.7 Å². The number of rotatable bonds is 13. The van der Waals surface area contributed by atoms with Gasteiger partial charge in [-0.2, -0.15) is 37.3 Å². The van der Waals surface area contributed by atoms with Gasteiger partial charge >= 0.3 is 12.0 Å². The molecule has 0 saturated carbocycles. The van der Waals surface area contributed by atoms with E-state index in [1.807, 2.05) is 0 Å². The number of hydrogen-bond donors (Lipinski definition) is 7. The van der Waals surface area contributed by atoms with Crippen molar-refractivity contribution in [3.8, 4) is 35.3 Å². The Bertz CT molecular complexity index is 3730. The second-order valence-corrected chi connectivity index (χ2v) is 18.8. The van der Waals surface area contributed by atoms with E-state index in [0.717, 1.165) is 17.4 Å². The Balaban J connectivity index is 1.25. The quantitative estimate of drug-likeness (QED) is 0.0417. The predicted octanol–water partition coefficient (Wildman–Crippen LogP) is 11.5. The fraction of sp³-hybridized carbons (Fsp3) is 0.0233. The minimum atomic E-state index is -4.73. The number of nitriles is 2. The van der Waals surface area contributed by atoms with Gasteiger partial charge in [0, 0.05) is 38.6 Å². The summed E-state index contributed by atoms with van der Waals surface area (Å²) in [4.78, 5) is 14.5. The number of azo groups is 2. The van der Waals surface area contributed by atoms with Gasteiger partial charge in [-0.25, -0.2) is 4.98 Å². The van der Waals surface area contributed by atoms with Gasteiger partial charge in [0.05, 0.1) is 16.3 Å². The standard InChI is InChI=1S/C43H27Cl2N13O8S3/c1-21-30(19-46)37(49-27-15-16-32(45)34(18-27)69(64,65)66)51-38(48-25-13-8-24(44)9-14-25)36(21)56-57-39-31(20-47)35(23-6-10-26(11-7-23)50-41-52-42(59)54-43(60)53-41)40(67-39)58-55-28-12-5-22-3-2-4-33(29(22)17-28)68(61,62)63/h2-18H,1H3,(H2,48,49,51)(H,61,62,63)(H,64,65,66)(H3,50,52,53,54,59,60). The molecule has 0 unspecified atom stereocenters. The summed E-state index contributed by atoms with van der Waals surface area (Å²) in [5.41, 5.74) is 2.08. The number of halogens is 2. The molecule has 0 radical (unpaired) electrons. The molecule has 0 spiro atoms. The van der Waals surface area contributed by atoms with Crippen LogP contribution in [-0.4, -0.2) is 56.1 Å². The van der Waals surface area contributed by atoms with Crippen LogP contribution in [0.3, 0.4) is 0 Å². The van der Waals surface area contributed by atoms with Crippen LogP contribution >= 0.6 is 34.5 Å². The van der Waals surface area contributed by atoms with Crippen molar-refractivity contribution in [3.63, 3.8) is 0 Å². The molecule has 21 nitrogen and oxygen atoms in total. The maximum Gasteiger partial charge on any atom is 0.321 e. The van der Waals surface area contributed by atoms with Gasteiger partial charge in [-0.3, -0.25) is 9.11 Å². The molecule has 0 saturated heterocycles. The normalized spacial score (nSPS) is 11.8. The van der Waals surface area contributed by atoms with Crippen molar-refractivity contribution in [2.45, 2.75) is 16.7 Å². The van der Waals surface area contributed by atoms with E-state index in [9.17, 15) is 46.7 Å². The number of aromatic hydroxyl groups is 2. The molecule has 0 aliphatic carbocycles. The number of benzene rings is 5. The summed E-state index contributed by atoms with van der Waals surface area (Å²) in [6.45, 7) is 1.56. The first-order chi connectivity index (χ1) is 32.9. The lowest BCUT2D eigenvalue weighted by atomic mass is 10.0. The summed E-state index contributed by atoms with van der Waals surface area (Å²) in [6, 6.07) is 28.5. The molecule has 0 aliphatic rings. The van der Waals surface area contributed by atoms with E-state index < -0.39 is 37.2 Å². The van der Waals surface area contributed by atoms with Crippen molar-refractivity contribution in [1.29, 1.82) is 10.5 Å². The van der Waals surface area contributed by atoms with Crippen molar-refractivity contribution in [2.75, 3.05) is 16.0 Å². The minimum absolute atomic E-state index is 0.00751. The zero-order valence-electron chi connectivity index (χ0n) is 34.7. The van der Waals surface area contributed by atoms with Gasteiger partial charge in [0.1, 0.15) is 38.2 Å². The lowest BCUT2D eigenvalue weighted by Gasteiger charge is -2.16. The van der Waals surface area contributed by atoms with Gasteiger partial charge in [0.2, 0.25) is 5.95 Å². The summed E-state index contributed by atoms with van der Waals surface area (Å²) in [5.74, 6) is -0.171. The van der Waals surface area contributed by atoms with Crippen LogP contribution in [0.15, 0.2) is 133 Å². The Morgan fingerprint density at radius 2 is 1.26 bits per heavy atom. The zero-order chi connectivity index (χ0) is 49.2. The highest BCUT2D eigenvalue weighted by molar-refractivity contribution is 7.86. The fourth-order valence-corrected chi connectivity index (χ4v) is 9.36. The molecule has 0 atom stereocenters. The molecule has 0 bridgehead atoms. The topological polar surface area (TPSA) is 334 Å². The highest BCUT2D eigenvalue weighted by atomic mass is 35.5. The number of hydrogen-bond acceptors (Lipinski definition) is 20. The maximum atomic E-state index is 12.2. The molecule has 8 rings (SSSR count). The summed E-state index contributed by atoms with van der Waals surface area (Å²) >= 11 is 13.1. The van der Waals surface area contributed by atoms with Crippen molar-refractivity contribution in [2.24, 2.45) is 20.5 Å². The number of thiophene rings is 1. The third-order valence-corrected chi connectivity index (χ3v) is 13.2. The van der Waals surface area contributed by atoms with Gasteiger partial charge in [-0.1, -0.05) is 64.9 Å². The molecule has 0 amide bonds. The predicted molar refractivity (Wildman–Crippen MR) is 256 cm³/mol. The van der Waals surface area contributed by atoms with Gasteiger partial charge in [-0.05, 0) is 90.7 Å². The first-order valence-electron chi connectivity index (χ1n) is 19.3. The Morgan fingerprint density at radius 3 is 1.93 bits per heavy atom. The van der Waals surface area contributed by atoms with Crippen molar-refractivity contribution < 1.29 is 36.2 Å². The van der Waals surface area contributed by atoms with E-state index in [4.69, 9.17) is 23.2 Å². The van der Waals surface area contributed by atoms with E-state index in [0.29, 0.717) is 27.3 Å². The van der Waals surface area contributed by atoms with Crippen LogP contribution in [-0.2, 0) is 20.2 Å². The molecule has 3 heterocycles. The number of nitrogens with zero attached hydrogens (tertiary/aromatic N) is 10. The first kappa shape index (κ1) is 47.3. The summed E-state index contributed by atoms with van der Waals surface area (Å²) in [6.07, 6.45) is 0. The molecule has 7 N–H and O–H groups in total. The second kappa shape index (κ2) is 19.2. The van der Waals surface area contributed by atoms with Crippen LogP contribution in [0.1, 0.15) is 16.7 Å². The smallest absolute Gasteiger partial charge is 0.321 e. The summed E-state index contributed by atoms with van der Waals surface area (Å²) in [7, 11) is -9.35. The van der Waals surface area contributed by atoms with Crippen LogP contribution < -0.4 is 16.0 Å². The van der Waals surface area contributed by atoms with E-state index in [-0.39, 0.29) is 82.2 Å². The Hall–Kier alpha value is -8.20. The van der Waals surface area contributed by atoms with Gasteiger partial charge in [-0.15, -0.1) is 25.4 Å². The number of nitrogens with one attached hydrogen (secondary N) is 3. The summed E-state index contributed by atoms with van der Waals surface area (Å²) in [5, 5.41) is 68.4. The van der Waals surface area contributed by atoms with Crippen LogP contribution in [0.2, 0.25) is 10.0 Å². The summed E-state index contributed by atoms with van der Waals surface area (Å²) < 4.78 is 68.1. The number of fused-ring (bicyclic) bond motifs is 1. The zero-order valence-corrected chi connectivity index (χ0v) is 38.7. The van der Waals surface area contributed by atoms with E-state index in [2.05, 4.69) is 68.5 Å². The molecule has 8 aromatic rings. The number of aromatic nitrogens is 4. The lowest BCUT2D eigenvalue weighted by Crippen LogP contribution is -2.05.